The topological polar surface area (TPSA) is 126 Å². The van der Waals surface area contributed by atoms with Crippen molar-refractivity contribution < 1.29 is 14.7 Å². The molecule has 9 nitrogen and oxygen atoms in total. The van der Waals surface area contributed by atoms with E-state index in [4.69, 9.17) is 10.7 Å². The second kappa shape index (κ2) is 11.1. The molecular weight excluding hydrogens is 488 g/mol. The summed E-state index contributed by atoms with van der Waals surface area (Å²) < 4.78 is 0.912. The van der Waals surface area contributed by atoms with E-state index in [1.54, 1.807) is 19.3 Å². The number of urea groups is 1. The maximum Gasteiger partial charge on any atom is 0.321 e. The number of unbranched alkanes of at least 4 members (excludes halogenated alkanes) is 2. The molecule has 0 bridgehead atoms. The van der Waals surface area contributed by atoms with Gasteiger partial charge in [-0.15, -0.1) is 0 Å². The van der Waals surface area contributed by atoms with E-state index < -0.39 is 17.4 Å². The SMILES string of the molecule is CCCCC#Cc1cc(-c2cnc(N3CCC(C)(C(=O)O)CC3)nc2)cc2nc(N(CC)C(N)=O)sc12. The predicted octanol–water partition coefficient (Wildman–Crippen LogP) is 4.89. The third-order valence-corrected chi connectivity index (χ3v) is 7.94. The van der Waals surface area contributed by atoms with Gasteiger partial charge in [-0.2, -0.15) is 0 Å². The van der Waals surface area contributed by atoms with Gasteiger partial charge in [0.1, 0.15) is 0 Å². The Bertz CT molecular complexity index is 1350. The van der Waals surface area contributed by atoms with Gasteiger partial charge in [-0.1, -0.05) is 36.5 Å². The zero-order valence-corrected chi connectivity index (χ0v) is 22.3. The number of aromatic nitrogens is 3. The van der Waals surface area contributed by atoms with E-state index in [1.807, 2.05) is 24.0 Å². The fourth-order valence-corrected chi connectivity index (χ4v) is 5.34. The van der Waals surface area contributed by atoms with Crippen LogP contribution in [0.25, 0.3) is 21.3 Å². The first-order valence-electron chi connectivity index (χ1n) is 12.6. The van der Waals surface area contributed by atoms with Crippen LogP contribution in [0.3, 0.4) is 0 Å². The zero-order chi connectivity index (χ0) is 26.6. The van der Waals surface area contributed by atoms with Crippen molar-refractivity contribution in [1.29, 1.82) is 0 Å². The number of fused-ring (bicyclic) bond motifs is 1. The number of nitrogens with two attached hydrogens (primary N) is 1. The molecule has 1 aliphatic rings. The number of amides is 2. The highest BCUT2D eigenvalue weighted by Gasteiger charge is 2.37. The Morgan fingerprint density at radius 1 is 1.19 bits per heavy atom. The molecular formula is C27H32N6O3S. The van der Waals surface area contributed by atoms with Gasteiger partial charge in [-0.25, -0.2) is 19.7 Å². The van der Waals surface area contributed by atoms with E-state index in [1.165, 1.54) is 16.2 Å². The second-order valence-corrected chi connectivity index (χ2v) is 10.5. The lowest BCUT2D eigenvalue weighted by Crippen LogP contribution is -2.43. The summed E-state index contributed by atoms with van der Waals surface area (Å²) in [5.41, 5.74) is 8.15. The smallest absolute Gasteiger partial charge is 0.321 e. The number of aliphatic carboxylic acids is 1. The summed E-state index contributed by atoms with van der Waals surface area (Å²) in [5, 5.41) is 10.0. The predicted molar refractivity (Wildman–Crippen MR) is 147 cm³/mol. The van der Waals surface area contributed by atoms with Gasteiger partial charge in [0.2, 0.25) is 5.95 Å². The average molecular weight is 521 g/mol. The first-order chi connectivity index (χ1) is 17.8. The van der Waals surface area contributed by atoms with Gasteiger partial charge in [-0.05, 0) is 50.8 Å². The molecule has 3 heterocycles. The Hall–Kier alpha value is -3.71. The van der Waals surface area contributed by atoms with Gasteiger partial charge in [-0.3, -0.25) is 9.69 Å². The van der Waals surface area contributed by atoms with E-state index in [9.17, 15) is 14.7 Å². The van der Waals surface area contributed by atoms with E-state index in [0.29, 0.717) is 43.6 Å². The summed E-state index contributed by atoms with van der Waals surface area (Å²) >= 11 is 1.41. The van der Waals surface area contributed by atoms with Crippen LogP contribution in [0.15, 0.2) is 24.5 Å². The molecule has 194 valence electrons. The summed E-state index contributed by atoms with van der Waals surface area (Å²) in [6, 6.07) is 3.43. The highest BCUT2D eigenvalue weighted by Crippen LogP contribution is 2.35. The molecule has 0 radical (unpaired) electrons. The van der Waals surface area contributed by atoms with Crippen LogP contribution in [0.1, 0.15) is 58.4 Å². The number of thiazole rings is 1. The number of benzene rings is 1. The lowest BCUT2D eigenvalue weighted by atomic mass is 9.80. The van der Waals surface area contributed by atoms with Gasteiger partial charge in [0, 0.05) is 49.6 Å². The Morgan fingerprint density at radius 2 is 1.89 bits per heavy atom. The number of piperidine rings is 1. The molecule has 1 saturated heterocycles. The van der Waals surface area contributed by atoms with Gasteiger partial charge in [0.15, 0.2) is 5.13 Å². The van der Waals surface area contributed by atoms with Crippen molar-refractivity contribution in [1.82, 2.24) is 15.0 Å². The van der Waals surface area contributed by atoms with Crippen molar-refractivity contribution in [2.75, 3.05) is 29.4 Å². The molecule has 0 spiro atoms. The highest BCUT2D eigenvalue weighted by atomic mass is 32.1. The maximum atomic E-state index is 11.9. The lowest BCUT2D eigenvalue weighted by molar-refractivity contribution is -0.149. The molecule has 3 N–H and O–H groups in total. The molecule has 0 aliphatic carbocycles. The Balaban J connectivity index is 1.65. The van der Waals surface area contributed by atoms with Crippen LogP contribution in [0.5, 0.6) is 0 Å². The monoisotopic (exact) mass is 520 g/mol. The molecule has 2 aromatic heterocycles. The van der Waals surface area contributed by atoms with Crippen LogP contribution in [0.2, 0.25) is 0 Å². The summed E-state index contributed by atoms with van der Waals surface area (Å²) in [4.78, 5) is 40.8. The molecule has 10 heteroatoms. The summed E-state index contributed by atoms with van der Waals surface area (Å²) in [7, 11) is 0. The van der Waals surface area contributed by atoms with E-state index in [-0.39, 0.29) is 0 Å². The number of primary amides is 1. The van der Waals surface area contributed by atoms with Crippen LogP contribution in [0.4, 0.5) is 15.9 Å². The number of hydrogen-bond donors (Lipinski definition) is 2. The molecule has 4 rings (SSSR count). The van der Waals surface area contributed by atoms with E-state index >= 15 is 0 Å². The summed E-state index contributed by atoms with van der Waals surface area (Å²) in [6.45, 7) is 7.41. The number of carbonyl (C=O) groups is 2. The van der Waals surface area contributed by atoms with Crippen LogP contribution >= 0.6 is 11.3 Å². The molecule has 1 aromatic carbocycles. The molecule has 3 aromatic rings. The van der Waals surface area contributed by atoms with Crippen molar-refractivity contribution in [2.24, 2.45) is 11.1 Å². The van der Waals surface area contributed by atoms with Gasteiger partial charge in [0.25, 0.3) is 0 Å². The molecule has 1 aliphatic heterocycles. The minimum atomic E-state index is -0.754. The third kappa shape index (κ3) is 5.67. The minimum absolute atomic E-state index is 0.428. The highest BCUT2D eigenvalue weighted by molar-refractivity contribution is 7.22. The largest absolute Gasteiger partial charge is 0.481 e. The average Bonchev–Trinajstić information content (AvgIpc) is 3.31. The zero-order valence-electron chi connectivity index (χ0n) is 21.5. The minimum Gasteiger partial charge on any atom is -0.481 e. The van der Waals surface area contributed by atoms with Crippen molar-refractivity contribution in [3.8, 4) is 23.0 Å². The van der Waals surface area contributed by atoms with E-state index in [0.717, 1.165) is 46.2 Å². The first-order valence-corrected chi connectivity index (χ1v) is 13.4. The van der Waals surface area contributed by atoms with Gasteiger partial charge in [0.05, 0.1) is 15.6 Å². The van der Waals surface area contributed by atoms with Crippen molar-refractivity contribution >= 4 is 44.6 Å². The fourth-order valence-electron chi connectivity index (χ4n) is 4.25. The van der Waals surface area contributed by atoms with Crippen LogP contribution in [0, 0.1) is 17.3 Å². The van der Waals surface area contributed by atoms with Crippen LogP contribution in [-0.2, 0) is 4.79 Å². The van der Waals surface area contributed by atoms with E-state index in [2.05, 4.69) is 28.7 Å². The fraction of sp³-hybridized carbons (Fsp3) is 0.444. The van der Waals surface area contributed by atoms with Crippen LogP contribution in [-0.4, -0.2) is 51.7 Å². The Kier molecular flexibility index (Phi) is 7.93. The number of carboxylic acids is 1. The third-order valence-electron chi connectivity index (χ3n) is 6.81. The van der Waals surface area contributed by atoms with Gasteiger partial charge >= 0.3 is 12.0 Å². The lowest BCUT2D eigenvalue weighted by Gasteiger charge is -2.36. The molecule has 1 fully saturated rings. The Morgan fingerprint density at radius 3 is 2.49 bits per heavy atom. The molecule has 37 heavy (non-hydrogen) atoms. The summed E-state index contributed by atoms with van der Waals surface area (Å²) in [6.07, 6.45) is 7.58. The number of anilines is 2. The molecule has 0 atom stereocenters. The number of carboxylic acid groups (broad SMARTS) is 1. The van der Waals surface area contributed by atoms with Gasteiger partial charge < -0.3 is 15.7 Å². The molecule has 0 saturated carbocycles. The van der Waals surface area contributed by atoms with Crippen molar-refractivity contribution in [2.45, 2.75) is 52.9 Å². The first kappa shape index (κ1) is 26.4. The number of hydrogen-bond acceptors (Lipinski definition) is 7. The standard InChI is InChI=1S/C27H32N6O3S/c1-4-6-7-8-9-18-14-19(15-21-22(18)37-26(31-21)33(5-2)24(28)36)20-16-29-25(30-17-20)32-12-10-27(3,11-13-32)23(34)35/h14-17H,4-7,10-13H2,1-3H3,(H2,28,36)(H,34,35). The quantitative estimate of drug-likeness (QED) is 0.335. The maximum absolute atomic E-state index is 11.9. The van der Waals surface area contributed by atoms with Crippen molar-refractivity contribution in [3.05, 3.63) is 30.1 Å². The number of nitrogens with zero attached hydrogens (tertiary/aromatic N) is 5. The second-order valence-electron chi connectivity index (χ2n) is 9.48. The summed E-state index contributed by atoms with van der Waals surface area (Å²) in [5.74, 6) is 6.40. The molecule has 2 amide bonds. The Labute approximate surface area is 220 Å². The number of carbonyl (C=O) groups excluding carboxylic acids is 1. The normalized spacial score (nSPS) is 14.7. The van der Waals surface area contributed by atoms with Crippen LogP contribution < -0.4 is 15.5 Å². The van der Waals surface area contributed by atoms with Crippen molar-refractivity contribution in [3.63, 3.8) is 0 Å². The molecule has 0 unspecified atom stereocenters. The number of rotatable bonds is 7.